The van der Waals surface area contributed by atoms with Crippen molar-refractivity contribution in [2.45, 2.75) is 4.90 Å². The van der Waals surface area contributed by atoms with E-state index < -0.39 is 26.4 Å². The third-order valence-electron chi connectivity index (χ3n) is 1.49. The molecule has 1 amide bonds. The van der Waals surface area contributed by atoms with Crippen LogP contribution in [0.1, 0.15) is 0 Å². The molecule has 3 N–H and O–H groups in total. The largest absolute Gasteiger partial charge is 0.325 e. The van der Waals surface area contributed by atoms with Gasteiger partial charge in [0.1, 0.15) is 10.7 Å². The van der Waals surface area contributed by atoms with Gasteiger partial charge in [-0.15, -0.1) is 0 Å². The molecule has 0 unspecified atom stereocenters. The van der Waals surface area contributed by atoms with E-state index in [1.807, 2.05) is 5.32 Å². The quantitative estimate of drug-likeness (QED) is 0.702. The number of nitrogens with two attached hydrogens (primary N) is 1. The summed E-state index contributed by atoms with van der Waals surface area (Å²) in [7, 11) is -4.04. The first-order valence-corrected chi connectivity index (χ1v) is 5.03. The van der Waals surface area contributed by atoms with Crippen molar-refractivity contribution in [2.24, 2.45) is 5.14 Å². The number of carbonyl (C=O) groups excluding carboxylic acids is 1. The summed E-state index contributed by atoms with van der Waals surface area (Å²) in [5.74, 6) is -0.858. The van der Waals surface area contributed by atoms with E-state index in [9.17, 15) is 17.6 Å². The van der Waals surface area contributed by atoms with Crippen LogP contribution in [0.2, 0.25) is 0 Å². The zero-order valence-corrected chi connectivity index (χ0v) is 7.71. The minimum absolute atomic E-state index is 0.174. The van der Waals surface area contributed by atoms with E-state index in [1.54, 1.807) is 0 Å². The summed E-state index contributed by atoms with van der Waals surface area (Å²) in [5, 5.41) is 6.74. The molecule has 0 aromatic heterocycles. The molecule has 7 heteroatoms. The van der Waals surface area contributed by atoms with Crippen molar-refractivity contribution in [1.29, 1.82) is 0 Å². The zero-order valence-electron chi connectivity index (χ0n) is 6.90. The van der Waals surface area contributed by atoms with Crippen LogP contribution in [0.15, 0.2) is 23.1 Å². The summed E-state index contributed by atoms with van der Waals surface area (Å²) in [6.07, 6.45) is 0.174. The van der Waals surface area contributed by atoms with Crippen molar-refractivity contribution < 1.29 is 17.6 Å². The first-order chi connectivity index (χ1) is 6.46. The zero-order chi connectivity index (χ0) is 10.8. The van der Waals surface area contributed by atoms with Gasteiger partial charge < -0.3 is 5.32 Å². The summed E-state index contributed by atoms with van der Waals surface area (Å²) < 4.78 is 34.9. The molecule has 0 spiro atoms. The SMILES string of the molecule is NS(=O)(=O)c1cccc(F)c1NC=O. The Hall–Kier alpha value is -1.47. The number of hydrogen-bond acceptors (Lipinski definition) is 3. The van der Waals surface area contributed by atoms with Gasteiger partial charge in [0.05, 0.1) is 5.69 Å². The van der Waals surface area contributed by atoms with Gasteiger partial charge >= 0.3 is 0 Å². The lowest BCUT2D eigenvalue weighted by atomic mass is 10.3. The Balaban J connectivity index is 3.43. The van der Waals surface area contributed by atoms with Crippen molar-refractivity contribution in [1.82, 2.24) is 0 Å². The molecule has 1 aromatic rings. The van der Waals surface area contributed by atoms with Crippen molar-refractivity contribution in [3.05, 3.63) is 24.0 Å². The second-order valence-electron chi connectivity index (χ2n) is 2.42. The first-order valence-electron chi connectivity index (χ1n) is 3.48. The highest BCUT2D eigenvalue weighted by Gasteiger charge is 2.16. The Kier molecular flexibility index (Phi) is 2.82. The molecule has 76 valence electrons. The first kappa shape index (κ1) is 10.6. The Morgan fingerprint density at radius 1 is 1.43 bits per heavy atom. The maximum atomic E-state index is 13.0. The molecule has 0 heterocycles. The monoisotopic (exact) mass is 218 g/mol. The molecular weight excluding hydrogens is 211 g/mol. The van der Waals surface area contributed by atoms with Crippen LogP contribution < -0.4 is 10.5 Å². The molecule has 0 bridgehead atoms. The average Bonchev–Trinajstić information content (AvgIpc) is 2.07. The van der Waals surface area contributed by atoms with Crippen LogP contribution in [0.4, 0.5) is 10.1 Å². The predicted molar refractivity (Wildman–Crippen MR) is 47.5 cm³/mol. The topological polar surface area (TPSA) is 89.3 Å². The van der Waals surface area contributed by atoms with Crippen LogP contribution in [0.25, 0.3) is 0 Å². The van der Waals surface area contributed by atoms with E-state index in [-0.39, 0.29) is 6.41 Å². The number of para-hydroxylation sites is 1. The van der Waals surface area contributed by atoms with Crippen molar-refractivity contribution in [2.75, 3.05) is 5.32 Å². The molecule has 14 heavy (non-hydrogen) atoms. The van der Waals surface area contributed by atoms with Gasteiger partial charge in [0.2, 0.25) is 16.4 Å². The summed E-state index contributed by atoms with van der Waals surface area (Å²) in [5.41, 5.74) is -0.440. The van der Waals surface area contributed by atoms with E-state index in [4.69, 9.17) is 5.14 Å². The smallest absolute Gasteiger partial charge is 0.240 e. The number of anilines is 1. The molecule has 0 radical (unpaired) electrons. The van der Waals surface area contributed by atoms with Gasteiger partial charge in [-0.1, -0.05) is 6.07 Å². The van der Waals surface area contributed by atoms with Gasteiger partial charge in [-0.2, -0.15) is 0 Å². The lowest BCUT2D eigenvalue weighted by Gasteiger charge is -2.06. The van der Waals surface area contributed by atoms with Gasteiger partial charge in [0.15, 0.2) is 0 Å². The van der Waals surface area contributed by atoms with Crippen molar-refractivity contribution in [3.63, 3.8) is 0 Å². The van der Waals surface area contributed by atoms with Gasteiger partial charge in [-0.05, 0) is 12.1 Å². The van der Waals surface area contributed by atoms with Gasteiger partial charge in [-0.3, -0.25) is 4.79 Å². The minimum Gasteiger partial charge on any atom is -0.325 e. The van der Waals surface area contributed by atoms with E-state index in [2.05, 4.69) is 0 Å². The number of sulfonamides is 1. The van der Waals surface area contributed by atoms with E-state index in [0.29, 0.717) is 0 Å². The van der Waals surface area contributed by atoms with Crippen LogP contribution in [0, 0.1) is 5.82 Å². The molecule has 0 atom stereocenters. The Morgan fingerprint density at radius 2 is 2.07 bits per heavy atom. The van der Waals surface area contributed by atoms with Crippen molar-refractivity contribution in [3.8, 4) is 0 Å². The molecule has 0 saturated heterocycles. The number of nitrogens with one attached hydrogen (secondary N) is 1. The Labute approximate surface area is 79.8 Å². The fourth-order valence-corrected chi connectivity index (χ4v) is 1.65. The van der Waals surface area contributed by atoms with Gasteiger partial charge in [-0.25, -0.2) is 17.9 Å². The molecule has 1 aromatic carbocycles. The number of carbonyl (C=O) groups is 1. The predicted octanol–water partition coefficient (Wildman–Crippen LogP) is 0.0414. The highest BCUT2D eigenvalue weighted by atomic mass is 32.2. The van der Waals surface area contributed by atoms with Crippen molar-refractivity contribution >= 4 is 22.1 Å². The third kappa shape index (κ3) is 2.06. The van der Waals surface area contributed by atoms with E-state index in [0.717, 1.165) is 12.1 Å². The van der Waals surface area contributed by atoms with Crippen LogP contribution in [-0.2, 0) is 14.8 Å². The second-order valence-corrected chi connectivity index (χ2v) is 3.95. The number of hydrogen-bond donors (Lipinski definition) is 2. The third-order valence-corrected chi connectivity index (χ3v) is 2.44. The highest BCUT2D eigenvalue weighted by Crippen LogP contribution is 2.22. The van der Waals surface area contributed by atoms with E-state index in [1.165, 1.54) is 6.07 Å². The maximum Gasteiger partial charge on any atom is 0.240 e. The summed E-state index contributed by atoms with van der Waals surface area (Å²) in [6.45, 7) is 0. The van der Waals surface area contributed by atoms with Crippen LogP contribution in [-0.4, -0.2) is 14.8 Å². The maximum absolute atomic E-state index is 13.0. The molecule has 0 aliphatic rings. The Bertz CT molecular complexity index is 458. The normalized spacial score (nSPS) is 11.0. The highest BCUT2D eigenvalue weighted by molar-refractivity contribution is 7.89. The van der Waals surface area contributed by atoms with E-state index >= 15 is 0 Å². The molecule has 0 aliphatic heterocycles. The minimum atomic E-state index is -4.04. The number of halogens is 1. The van der Waals surface area contributed by atoms with Gasteiger partial charge in [0.25, 0.3) is 0 Å². The summed E-state index contributed by atoms with van der Waals surface area (Å²) in [6, 6.07) is 3.30. The molecule has 0 fully saturated rings. The van der Waals surface area contributed by atoms with Crippen LogP contribution in [0.5, 0.6) is 0 Å². The molecule has 0 aliphatic carbocycles. The summed E-state index contributed by atoms with van der Waals surface area (Å²) >= 11 is 0. The average molecular weight is 218 g/mol. The standard InChI is InChI=1S/C7H7FN2O3S/c8-5-2-1-3-6(14(9,12)13)7(5)10-4-11/h1-4H,(H,10,11)(H2,9,12,13). The van der Waals surface area contributed by atoms with Gasteiger partial charge in [0, 0.05) is 0 Å². The number of primary sulfonamides is 1. The fraction of sp³-hybridized carbons (Fsp3) is 0. The lowest BCUT2D eigenvalue weighted by molar-refractivity contribution is -0.105. The summed E-state index contributed by atoms with van der Waals surface area (Å²) in [4.78, 5) is 9.64. The molecular formula is C7H7FN2O3S. The van der Waals surface area contributed by atoms with Crippen LogP contribution >= 0.6 is 0 Å². The molecule has 5 nitrogen and oxygen atoms in total. The molecule has 1 rings (SSSR count). The number of amides is 1. The van der Waals surface area contributed by atoms with Crippen LogP contribution in [0.3, 0.4) is 0 Å². The number of rotatable bonds is 3. The molecule has 0 saturated carbocycles. The lowest BCUT2D eigenvalue weighted by Crippen LogP contribution is -2.15. The second kappa shape index (κ2) is 3.72. The fourth-order valence-electron chi connectivity index (χ4n) is 0.940. The Morgan fingerprint density at radius 3 is 2.57 bits per heavy atom. The number of benzene rings is 1.